The van der Waals surface area contributed by atoms with Crippen molar-refractivity contribution in [3.05, 3.63) is 45.4 Å². The molecule has 0 N–H and O–H groups in total. The third-order valence-corrected chi connectivity index (χ3v) is 5.53. The van der Waals surface area contributed by atoms with E-state index in [-0.39, 0.29) is 5.78 Å². The number of carbonyl (C=O) groups excluding carboxylic acids is 4. The van der Waals surface area contributed by atoms with Crippen LogP contribution in [0.25, 0.3) is 0 Å². The van der Waals surface area contributed by atoms with Gasteiger partial charge in [-0.3, -0.25) is 19.3 Å². The second kappa shape index (κ2) is 7.11. The molecule has 2 aromatic heterocycles. The molecule has 0 saturated carbocycles. The lowest BCUT2D eigenvalue weighted by Gasteiger charge is -2.18. The number of aromatic nitrogens is 1. The fourth-order valence-electron chi connectivity index (χ4n) is 3.23. The minimum atomic E-state index is -0.950. The predicted molar refractivity (Wildman–Crippen MR) is 101 cm³/mol. The Balaban J connectivity index is 1.82. The summed E-state index contributed by atoms with van der Waals surface area (Å²) in [6.07, 6.45) is 0. The molecule has 4 amide bonds. The van der Waals surface area contributed by atoms with E-state index in [4.69, 9.17) is 0 Å². The van der Waals surface area contributed by atoms with Crippen LogP contribution in [0.1, 0.15) is 40.5 Å². The van der Waals surface area contributed by atoms with Crippen LogP contribution in [0, 0.1) is 13.8 Å². The summed E-state index contributed by atoms with van der Waals surface area (Å²) in [4.78, 5) is 52.0. The standard InChI is InChI=1S/C19H21N3O4S/c1-11(2)22-18(25)17(24)21(19(22)26)10-16(23)15-8-12(3)20(13(15)4)9-14-6-5-7-27-14/h5-8,11H,9-10H2,1-4H3. The Labute approximate surface area is 161 Å². The Morgan fingerprint density at radius 1 is 1.15 bits per heavy atom. The van der Waals surface area contributed by atoms with Gasteiger partial charge in [0.05, 0.1) is 13.1 Å². The van der Waals surface area contributed by atoms with Crippen molar-refractivity contribution in [1.82, 2.24) is 14.4 Å². The van der Waals surface area contributed by atoms with E-state index < -0.39 is 30.4 Å². The van der Waals surface area contributed by atoms with Crippen LogP contribution in [-0.4, -0.2) is 50.6 Å². The minimum absolute atomic E-state index is 0.361. The molecule has 3 heterocycles. The van der Waals surface area contributed by atoms with Gasteiger partial charge in [-0.05, 0) is 45.2 Å². The van der Waals surface area contributed by atoms with Crippen LogP contribution >= 0.6 is 11.3 Å². The number of rotatable bonds is 6. The van der Waals surface area contributed by atoms with E-state index in [9.17, 15) is 19.2 Å². The Morgan fingerprint density at radius 2 is 1.85 bits per heavy atom. The van der Waals surface area contributed by atoms with Crippen LogP contribution in [0.4, 0.5) is 4.79 Å². The molecule has 27 heavy (non-hydrogen) atoms. The summed E-state index contributed by atoms with van der Waals surface area (Å²) in [5, 5.41) is 2.00. The van der Waals surface area contributed by atoms with Gasteiger partial charge in [-0.25, -0.2) is 9.69 Å². The Morgan fingerprint density at radius 3 is 2.41 bits per heavy atom. The second-order valence-corrected chi connectivity index (χ2v) is 7.85. The van der Waals surface area contributed by atoms with Crippen LogP contribution in [0.5, 0.6) is 0 Å². The van der Waals surface area contributed by atoms with Gasteiger partial charge in [-0.1, -0.05) is 6.07 Å². The third kappa shape index (κ3) is 3.32. The number of hydrogen-bond acceptors (Lipinski definition) is 5. The molecule has 1 aliphatic heterocycles. The van der Waals surface area contributed by atoms with E-state index in [2.05, 4.69) is 0 Å². The zero-order valence-corrected chi connectivity index (χ0v) is 16.5. The number of urea groups is 1. The number of hydrogen-bond donors (Lipinski definition) is 0. The lowest BCUT2D eigenvalue weighted by molar-refractivity contribution is -0.143. The molecule has 0 atom stereocenters. The molecular weight excluding hydrogens is 366 g/mol. The van der Waals surface area contributed by atoms with Crippen molar-refractivity contribution in [3.8, 4) is 0 Å². The molecule has 1 fully saturated rings. The summed E-state index contributed by atoms with van der Waals surface area (Å²) in [5.41, 5.74) is 2.15. The minimum Gasteiger partial charge on any atom is -0.343 e. The average molecular weight is 387 g/mol. The number of amides is 4. The topological polar surface area (TPSA) is 79.7 Å². The summed E-state index contributed by atoms with van der Waals surface area (Å²) in [7, 11) is 0. The van der Waals surface area contributed by atoms with Crippen LogP contribution in [0.3, 0.4) is 0 Å². The fraction of sp³-hybridized carbons (Fsp3) is 0.368. The van der Waals surface area contributed by atoms with Gasteiger partial charge in [0.1, 0.15) is 0 Å². The molecule has 142 valence electrons. The molecular formula is C19H21N3O4S. The lowest BCUT2D eigenvalue weighted by Crippen LogP contribution is -2.39. The van der Waals surface area contributed by atoms with Crippen LogP contribution in [0.15, 0.2) is 23.6 Å². The zero-order chi connectivity index (χ0) is 19.9. The first-order chi connectivity index (χ1) is 12.7. The first kappa shape index (κ1) is 19.0. The summed E-state index contributed by atoms with van der Waals surface area (Å²) < 4.78 is 2.03. The number of Topliss-reactive ketones (excluding diaryl/α,β-unsaturated/α-hetero) is 1. The Hall–Kier alpha value is -2.74. The Kier molecular flexibility index (Phi) is 5.01. The molecule has 1 saturated heterocycles. The predicted octanol–water partition coefficient (Wildman–Crippen LogP) is 2.60. The van der Waals surface area contributed by atoms with E-state index in [0.717, 1.165) is 21.2 Å². The maximum Gasteiger partial charge on any atom is 0.334 e. The van der Waals surface area contributed by atoms with Gasteiger partial charge in [0.25, 0.3) is 0 Å². The Bertz CT molecular complexity index is 927. The zero-order valence-electron chi connectivity index (χ0n) is 15.7. The van der Waals surface area contributed by atoms with Gasteiger partial charge < -0.3 is 4.57 Å². The normalized spacial score (nSPS) is 14.8. The summed E-state index contributed by atoms with van der Waals surface area (Å²) >= 11 is 1.64. The smallest absolute Gasteiger partial charge is 0.334 e. The molecule has 7 nitrogen and oxygen atoms in total. The fourth-order valence-corrected chi connectivity index (χ4v) is 3.92. The molecule has 0 radical (unpaired) electrons. The number of imide groups is 2. The quantitative estimate of drug-likeness (QED) is 0.434. The van der Waals surface area contributed by atoms with Gasteiger partial charge in [0.2, 0.25) is 0 Å². The summed E-state index contributed by atoms with van der Waals surface area (Å²) in [6.45, 7) is 7.26. The van der Waals surface area contributed by atoms with E-state index in [1.165, 1.54) is 4.88 Å². The van der Waals surface area contributed by atoms with Gasteiger partial charge in [0.15, 0.2) is 5.78 Å². The summed E-state index contributed by atoms with van der Waals surface area (Å²) in [6, 6.07) is 4.59. The molecule has 0 unspecified atom stereocenters. The SMILES string of the molecule is Cc1cc(C(=O)CN2C(=O)C(=O)N(C(C)C)C2=O)c(C)n1Cc1cccs1. The molecule has 3 rings (SSSR count). The maximum atomic E-state index is 12.8. The molecule has 8 heteroatoms. The van der Waals surface area contributed by atoms with E-state index >= 15 is 0 Å². The first-order valence-corrected chi connectivity index (χ1v) is 9.51. The van der Waals surface area contributed by atoms with E-state index in [1.807, 2.05) is 35.9 Å². The molecule has 1 aliphatic rings. The highest BCUT2D eigenvalue weighted by Gasteiger charge is 2.46. The number of nitrogens with zero attached hydrogens (tertiary/aromatic N) is 3. The number of thiophene rings is 1. The monoisotopic (exact) mass is 387 g/mol. The van der Waals surface area contributed by atoms with Crippen LogP contribution < -0.4 is 0 Å². The van der Waals surface area contributed by atoms with Crippen molar-refractivity contribution in [2.75, 3.05) is 6.54 Å². The van der Waals surface area contributed by atoms with Crippen molar-refractivity contribution < 1.29 is 19.2 Å². The van der Waals surface area contributed by atoms with Crippen LogP contribution in [0.2, 0.25) is 0 Å². The largest absolute Gasteiger partial charge is 0.343 e. The molecule has 0 bridgehead atoms. The second-order valence-electron chi connectivity index (χ2n) is 6.82. The number of ketones is 1. The molecule has 0 spiro atoms. The van der Waals surface area contributed by atoms with E-state index in [0.29, 0.717) is 12.1 Å². The average Bonchev–Trinajstić information content (AvgIpc) is 3.26. The van der Waals surface area contributed by atoms with Gasteiger partial charge >= 0.3 is 17.8 Å². The highest BCUT2D eigenvalue weighted by Crippen LogP contribution is 2.21. The highest BCUT2D eigenvalue weighted by atomic mass is 32.1. The maximum absolute atomic E-state index is 12.8. The first-order valence-electron chi connectivity index (χ1n) is 8.63. The number of carbonyl (C=O) groups is 4. The van der Waals surface area contributed by atoms with Crippen molar-refractivity contribution in [2.24, 2.45) is 0 Å². The van der Waals surface area contributed by atoms with Crippen LogP contribution in [-0.2, 0) is 16.1 Å². The van der Waals surface area contributed by atoms with Crippen molar-refractivity contribution in [3.63, 3.8) is 0 Å². The summed E-state index contributed by atoms with van der Waals surface area (Å²) in [5.74, 6) is -2.19. The number of aryl methyl sites for hydroxylation is 1. The van der Waals surface area contributed by atoms with Gasteiger partial charge in [-0.15, -0.1) is 11.3 Å². The molecule has 2 aromatic rings. The third-order valence-electron chi connectivity index (χ3n) is 4.67. The lowest BCUT2D eigenvalue weighted by atomic mass is 10.1. The molecule has 0 aliphatic carbocycles. The van der Waals surface area contributed by atoms with E-state index in [1.54, 1.807) is 31.3 Å². The van der Waals surface area contributed by atoms with Crippen molar-refractivity contribution in [2.45, 2.75) is 40.3 Å². The van der Waals surface area contributed by atoms with Crippen molar-refractivity contribution in [1.29, 1.82) is 0 Å². The van der Waals surface area contributed by atoms with Crippen molar-refractivity contribution >= 4 is 35.0 Å². The highest BCUT2D eigenvalue weighted by molar-refractivity contribution is 7.09. The van der Waals surface area contributed by atoms with Gasteiger partial charge in [-0.2, -0.15) is 0 Å². The molecule has 0 aromatic carbocycles. The van der Waals surface area contributed by atoms with Gasteiger partial charge in [0, 0.05) is 27.9 Å².